The Morgan fingerprint density at radius 2 is 2.07 bits per heavy atom. The normalized spacial score (nSPS) is 13.0. The number of hydrogen-bond acceptors (Lipinski definition) is 2. The lowest BCUT2D eigenvalue weighted by atomic mass is 10.0. The van der Waals surface area contributed by atoms with Crippen LogP contribution in [-0.4, -0.2) is 15.0 Å². The summed E-state index contributed by atoms with van der Waals surface area (Å²) in [6.45, 7) is 5.18. The predicted molar refractivity (Wildman–Crippen MR) is 58.6 cm³/mol. The van der Waals surface area contributed by atoms with Gasteiger partial charge in [0.25, 0.3) is 0 Å². The van der Waals surface area contributed by atoms with E-state index in [1.54, 1.807) is 0 Å². The van der Waals surface area contributed by atoms with Crippen LogP contribution < -0.4 is 0 Å². The van der Waals surface area contributed by atoms with Crippen molar-refractivity contribution in [3.05, 3.63) is 35.5 Å². The minimum Gasteiger partial charge on any atom is -0.240 e. The summed E-state index contributed by atoms with van der Waals surface area (Å²) in [5, 5.41) is 8.45. The number of aromatic nitrogens is 3. The monoisotopic (exact) mass is 199 g/mol. The van der Waals surface area contributed by atoms with Crippen LogP contribution in [0.15, 0.2) is 24.3 Å². The van der Waals surface area contributed by atoms with Crippen molar-refractivity contribution >= 4 is 0 Å². The molecule has 1 aromatic heterocycles. The maximum absolute atomic E-state index is 4.25. The van der Waals surface area contributed by atoms with E-state index in [4.69, 9.17) is 0 Å². The highest BCUT2D eigenvalue weighted by molar-refractivity contribution is 5.69. The van der Waals surface area contributed by atoms with E-state index in [1.165, 1.54) is 16.8 Å². The minimum atomic E-state index is 0.430. The molecule has 3 rings (SSSR count). The van der Waals surface area contributed by atoms with Crippen molar-refractivity contribution in [2.45, 2.75) is 26.3 Å². The minimum absolute atomic E-state index is 0.430. The first kappa shape index (κ1) is 8.65. The molecule has 3 heteroatoms. The van der Waals surface area contributed by atoms with E-state index in [-0.39, 0.29) is 0 Å². The van der Waals surface area contributed by atoms with Gasteiger partial charge >= 0.3 is 0 Å². The fraction of sp³-hybridized carbons (Fsp3) is 0.333. The lowest BCUT2D eigenvalue weighted by molar-refractivity contribution is 0.671. The van der Waals surface area contributed by atoms with E-state index in [2.05, 4.69) is 48.4 Å². The molecule has 0 fully saturated rings. The highest BCUT2D eigenvalue weighted by Crippen LogP contribution is 2.35. The van der Waals surface area contributed by atoms with Gasteiger partial charge in [0.2, 0.25) is 0 Å². The lowest BCUT2D eigenvalue weighted by Crippen LogP contribution is -1.94. The molecule has 1 aromatic carbocycles. The maximum atomic E-state index is 4.25. The average molecular weight is 199 g/mol. The Morgan fingerprint density at radius 3 is 2.87 bits per heavy atom. The molecule has 1 aliphatic rings. The van der Waals surface area contributed by atoms with Gasteiger partial charge in [0.15, 0.2) is 0 Å². The first-order valence-electron chi connectivity index (χ1n) is 5.29. The van der Waals surface area contributed by atoms with Gasteiger partial charge < -0.3 is 0 Å². The Morgan fingerprint density at radius 1 is 1.27 bits per heavy atom. The Bertz CT molecular complexity index is 511. The van der Waals surface area contributed by atoms with Gasteiger partial charge in [-0.3, -0.25) is 0 Å². The van der Waals surface area contributed by atoms with Crippen LogP contribution in [0.1, 0.15) is 31.0 Å². The zero-order valence-electron chi connectivity index (χ0n) is 8.94. The van der Waals surface area contributed by atoms with Crippen molar-refractivity contribution < 1.29 is 0 Å². The third kappa shape index (κ3) is 1.12. The van der Waals surface area contributed by atoms with Gasteiger partial charge in [0.1, 0.15) is 0 Å². The van der Waals surface area contributed by atoms with Gasteiger partial charge in [-0.05, 0) is 11.5 Å². The van der Waals surface area contributed by atoms with Crippen molar-refractivity contribution in [2.75, 3.05) is 0 Å². The second kappa shape index (κ2) is 2.92. The zero-order valence-corrected chi connectivity index (χ0v) is 8.94. The quantitative estimate of drug-likeness (QED) is 0.602. The largest absolute Gasteiger partial charge is 0.240 e. The molecule has 1 aliphatic heterocycles. The van der Waals surface area contributed by atoms with E-state index >= 15 is 0 Å². The summed E-state index contributed by atoms with van der Waals surface area (Å²) in [6, 6.07) is 8.47. The van der Waals surface area contributed by atoms with Gasteiger partial charge in [0, 0.05) is 5.56 Å². The number of nitrogens with zero attached hydrogens (tertiary/aromatic N) is 3. The molecule has 2 heterocycles. The molecular formula is C12H13N3. The van der Waals surface area contributed by atoms with Crippen LogP contribution >= 0.6 is 0 Å². The molecule has 0 amide bonds. The summed E-state index contributed by atoms with van der Waals surface area (Å²) < 4.78 is 2.00. The van der Waals surface area contributed by atoms with Crippen molar-refractivity contribution in [3.8, 4) is 11.3 Å². The van der Waals surface area contributed by atoms with Crippen LogP contribution in [-0.2, 0) is 6.54 Å². The van der Waals surface area contributed by atoms with Crippen LogP contribution in [0.25, 0.3) is 11.3 Å². The molecule has 0 atom stereocenters. The molecule has 76 valence electrons. The van der Waals surface area contributed by atoms with Gasteiger partial charge in [-0.15, -0.1) is 5.10 Å². The number of benzene rings is 1. The Labute approximate surface area is 88.7 Å². The third-order valence-electron chi connectivity index (χ3n) is 2.90. The lowest BCUT2D eigenvalue weighted by Gasteiger charge is -2.02. The zero-order chi connectivity index (χ0) is 10.4. The van der Waals surface area contributed by atoms with Crippen LogP contribution in [0.4, 0.5) is 0 Å². The molecule has 0 aliphatic carbocycles. The summed E-state index contributed by atoms with van der Waals surface area (Å²) in [7, 11) is 0. The Hall–Kier alpha value is -1.64. The predicted octanol–water partition coefficient (Wildman–Crippen LogP) is 2.43. The third-order valence-corrected chi connectivity index (χ3v) is 2.90. The molecule has 3 nitrogen and oxygen atoms in total. The first-order valence-corrected chi connectivity index (χ1v) is 5.29. The van der Waals surface area contributed by atoms with Gasteiger partial charge in [-0.1, -0.05) is 43.3 Å². The van der Waals surface area contributed by atoms with Gasteiger partial charge in [0.05, 0.1) is 17.9 Å². The molecule has 0 unspecified atom stereocenters. The SMILES string of the molecule is CC(C)c1nnn2c1-c1ccccc1C2. The smallest absolute Gasteiger partial charge is 0.0932 e. The van der Waals surface area contributed by atoms with Crippen LogP contribution in [0.3, 0.4) is 0 Å². The first-order chi connectivity index (χ1) is 7.27. The molecule has 15 heavy (non-hydrogen) atoms. The van der Waals surface area contributed by atoms with Crippen molar-refractivity contribution in [1.82, 2.24) is 15.0 Å². The van der Waals surface area contributed by atoms with E-state index in [9.17, 15) is 0 Å². The molecule has 0 radical (unpaired) electrons. The van der Waals surface area contributed by atoms with Crippen molar-refractivity contribution in [2.24, 2.45) is 0 Å². The summed E-state index contributed by atoms with van der Waals surface area (Å²) >= 11 is 0. The fourth-order valence-corrected chi connectivity index (χ4v) is 2.15. The second-order valence-corrected chi connectivity index (χ2v) is 4.29. The maximum Gasteiger partial charge on any atom is 0.0932 e. The fourth-order valence-electron chi connectivity index (χ4n) is 2.15. The van der Waals surface area contributed by atoms with Gasteiger partial charge in [-0.2, -0.15) is 0 Å². The molecular weight excluding hydrogens is 186 g/mol. The number of rotatable bonds is 1. The highest BCUT2D eigenvalue weighted by Gasteiger charge is 2.24. The van der Waals surface area contributed by atoms with E-state index < -0.39 is 0 Å². The topological polar surface area (TPSA) is 30.7 Å². The van der Waals surface area contributed by atoms with E-state index in [0.717, 1.165) is 12.2 Å². The van der Waals surface area contributed by atoms with Gasteiger partial charge in [-0.25, -0.2) is 4.68 Å². The number of hydrogen-bond donors (Lipinski definition) is 0. The van der Waals surface area contributed by atoms with Crippen LogP contribution in [0.5, 0.6) is 0 Å². The molecule has 0 saturated heterocycles. The summed E-state index contributed by atoms with van der Waals surface area (Å²) in [6.07, 6.45) is 0. The average Bonchev–Trinajstić information content (AvgIpc) is 2.74. The summed E-state index contributed by atoms with van der Waals surface area (Å²) in [5.41, 5.74) is 4.97. The molecule has 0 saturated carbocycles. The van der Waals surface area contributed by atoms with Crippen molar-refractivity contribution in [3.63, 3.8) is 0 Å². The molecule has 0 N–H and O–H groups in total. The molecule has 0 spiro atoms. The second-order valence-electron chi connectivity index (χ2n) is 4.29. The van der Waals surface area contributed by atoms with E-state index in [1.807, 2.05) is 4.68 Å². The highest BCUT2D eigenvalue weighted by atomic mass is 15.4. The molecule has 2 aromatic rings. The van der Waals surface area contributed by atoms with Crippen LogP contribution in [0, 0.1) is 0 Å². The summed E-state index contributed by atoms with van der Waals surface area (Å²) in [5.74, 6) is 0.430. The Balaban J connectivity index is 2.25. The van der Waals surface area contributed by atoms with Crippen molar-refractivity contribution in [1.29, 1.82) is 0 Å². The van der Waals surface area contributed by atoms with E-state index in [0.29, 0.717) is 5.92 Å². The van der Waals surface area contributed by atoms with Crippen LogP contribution in [0.2, 0.25) is 0 Å². The standard InChI is InChI=1S/C12H13N3/c1-8(2)11-12-10-6-4-3-5-9(10)7-15(12)14-13-11/h3-6,8H,7H2,1-2H3. The number of fused-ring (bicyclic) bond motifs is 3. The summed E-state index contributed by atoms with van der Waals surface area (Å²) in [4.78, 5) is 0. The molecule has 0 bridgehead atoms. The Kier molecular flexibility index (Phi) is 1.69.